The fourth-order valence-corrected chi connectivity index (χ4v) is 3.65. The number of amides is 2. The minimum absolute atomic E-state index is 0.235. The third-order valence-electron chi connectivity index (χ3n) is 4.93. The molecule has 2 amide bonds. The molecule has 0 bridgehead atoms. The number of nitrogens with zero attached hydrogens (tertiary/aromatic N) is 4. The molecule has 2 N–H and O–H groups in total. The van der Waals surface area contributed by atoms with Gasteiger partial charge >= 0.3 is 6.03 Å². The van der Waals surface area contributed by atoms with Crippen molar-refractivity contribution in [3.63, 3.8) is 0 Å². The van der Waals surface area contributed by atoms with Crippen LogP contribution < -0.4 is 10.6 Å². The minimum atomic E-state index is -0.281. The average Bonchev–Trinajstić information content (AvgIpc) is 3.33. The number of anilines is 1. The molecule has 7 heteroatoms. The van der Waals surface area contributed by atoms with Crippen LogP contribution in [0.2, 0.25) is 0 Å². The van der Waals surface area contributed by atoms with Gasteiger partial charge in [-0.3, -0.25) is 4.98 Å². The van der Waals surface area contributed by atoms with E-state index in [1.807, 2.05) is 37.3 Å². The van der Waals surface area contributed by atoms with Crippen molar-refractivity contribution in [3.8, 4) is 0 Å². The standard InChI is InChI=1S/C19H22N6O/c1-13(18-24-21-12-25(18)15-8-2-3-9-15)22-19(26)23-16-10-4-6-14-7-5-11-20-17(14)16/h4-7,10-13,15H,2-3,8-9H2,1H3,(H2,22,23,26)/t13-/m1/s1. The number of pyridine rings is 1. The van der Waals surface area contributed by atoms with Crippen LogP contribution in [0.1, 0.15) is 50.5 Å². The number of carbonyl (C=O) groups excluding carboxylic acids is 1. The van der Waals surface area contributed by atoms with E-state index in [1.54, 1.807) is 12.5 Å². The largest absolute Gasteiger partial charge is 0.328 e. The molecule has 2 aromatic heterocycles. The summed E-state index contributed by atoms with van der Waals surface area (Å²) in [4.78, 5) is 16.8. The number of urea groups is 1. The summed E-state index contributed by atoms with van der Waals surface area (Å²) in [6, 6.07) is 9.49. The first-order chi connectivity index (χ1) is 12.7. The van der Waals surface area contributed by atoms with Gasteiger partial charge in [-0.1, -0.05) is 31.0 Å². The number of aromatic nitrogens is 4. The molecule has 1 fully saturated rings. The fourth-order valence-electron chi connectivity index (χ4n) is 3.65. The first-order valence-corrected chi connectivity index (χ1v) is 9.03. The van der Waals surface area contributed by atoms with E-state index >= 15 is 0 Å². The van der Waals surface area contributed by atoms with Crippen LogP contribution in [0.3, 0.4) is 0 Å². The highest BCUT2D eigenvalue weighted by Crippen LogP contribution is 2.31. The van der Waals surface area contributed by atoms with E-state index < -0.39 is 0 Å². The van der Waals surface area contributed by atoms with E-state index in [4.69, 9.17) is 0 Å². The van der Waals surface area contributed by atoms with Crippen molar-refractivity contribution >= 4 is 22.6 Å². The summed E-state index contributed by atoms with van der Waals surface area (Å²) in [6.45, 7) is 1.93. The molecule has 1 aliphatic rings. The smallest absolute Gasteiger partial charge is 0.319 e. The van der Waals surface area contributed by atoms with Gasteiger partial charge < -0.3 is 15.2 Å². The molecule has 4 rings (SSSR count). The van der Waals surface area contributed by atoms with Crippen LogP contribution >= 0.6 is 0 Å². The van der Waals surface area contributed by atoms with Crippen LogP contribution in [0, 0.1) is 0 Å². The van der Waals surface area contributed by atoms with Gasteiger partial charge in [0.05, 0.1) is 17.2 Å². The summed E-state index contributed by atoms with van der Waals surface area (Å²) in [6.07, 6.45) is 8.25. The molecular weight excluding hydrogens is 328 g/mol. The van der Waals surface area contributed by atoms with Crippen molar-refractivity contribution in [2.24, 2.45) is 0 Å². The molecule has 2 heterocycles. The number of fused-ring (bicyclic) bond motifs is 1. The van der Waals surface area contributed by atoms with Crippen LogP contribution in [0.25, 0.3) is 10.9 Å². The van der Waals surface area contributed by atoms with Gasteiger partial charge in [-0.05, 0) is 31.9 Å². The van der Waals surface area contributed by atoms with Crippen molar-refractivity contribution < 1.29 is 4.79 Å². The number of carbonyl (C=O) groups is 1. The second-order valence-corrected chi connectivity index (χ2v) is 6.74. The SMILES string of the molecule is C[C@@H](NC(=O)Nc1cccc2cccnc12)c1nncn1C1CCCC1. The zero-order valence-electron chi connectivity index (χ0n) is 14.7. The van der Waals surface area contributed by atoms with E-state index in [2.05, 4.69) is 30.4 Å². The third kappa shape index (κ3) is 3.24. The number of nitrogens with one attached hydrogen (secondary N) is 2. The summed E-state index contributed by atoms with van der Waals surface area (Å²) >= 11 is 0. The van der Waals surface area contributed by atoms with Gasteiger partial charge in [-0.25, -0.2) is 4.79 Å². The Balaban J connectivity index is 1.47. The summed E-state index contributed by atoms with van der Waals surface area (Å²) < 4.78 is 2.11. The molecule has 26 heavy (non-hydrogen) atoms. The number of hydrogen-bond acceptors (Lipinski definition) is 4. The monoisotopic (exact) mass is 350 g/mol. The Morgan fingerprint density at radius 1 is 1.23 bits per heavy atom. The zero-order valence-corrected chi connectivity index (χ0v) is 14.7. The summed E-state index contributed by atoms with van der Waals surface area (Å²) in [7, 11) is 0. The Hall–Kier alpha value is -2.96. The molecular formula is C19H22N6O. The Bertz CT molecular complexity index is 910. The van der Waals surface area contributed by atoms with E-state index in [1.165, 1.54) is 12.8 Å². The Morgan fingerprint density at radius 3 is 2.88 bits per heavy atom. The van der Waals surface area contributed by atoms with Crippen LogP contribution in [0.5, 0.6) is 0 Å². The van der Waals surface area contributed by atoms with Crippen molar-refractivity contribution in [3.05, 3.63) is 48.7 Å². The maximum atomic E-state index is 12.5. The fraction of sp³-hybridized carbons (Fsp3) is 0.368. The van der Waals surface area contributed by atoms with Gasteiger partial charge in [0.1, 0.15) is 6.33 Å². The number of para-hydroxylation sites is 1. The topological polar surface area (TPSA) is 84.7 Å². The van der Waals surface area contributed by atoms with Crippen LogP contribution in [-0.4, -0.2) is 25.8 Å². The Kier molecular flexibility index (Phi) is 4.51. The van der Waals surface area contributed by atoms with Gasteiger partial charge in [0.25, 0.3) is 0 Å². The predicted molar refractivity (Wildman–Crippen MR) is 99.8 cm³/mol. The van der Waals surface area contributed by atoms with Gasteiger partial charge in [-0.2, -0.15) is 0 Å². The van der Waals surface area contributed by atoms with E-state index in [0.29, 0.717) is 11.7 Å². The summed E-state index contributed by atoms with van der Waals surface area (Å²) in [5, 5.41) is 15.1. The number of hydrogen-bond donors (Lipinski definition) is 2. The first kappa shape index (κ1) is 16.5. The zero-order chi connectivity index (χ0) is 17.9. The lowest BCUT2D eigenvalue weighted by Gasteiger charge is -2.19. The van der Waals surface area contributed by atoms with Crippen molar-refractivity contribution in [1.29, 1.82) is 0 Å². The highest BCUT2D eigenvalue weighted by Gasteiger charge is 2.23. The molecule has 1 aliphatic carbocycles. The van der Waals surface area contributed by atoms with E-state index in [0.717, 1.165) is 29.6 Å². The van der Waals surface area contributed by atoms with Gasteiger partial charge in [0.2, 0.25) is 0 Å². The van der Waals surface area contributed by atoms with Crippen LogP contribution in [0.4, 0.5) is 10.5 Å². The van der Waals surface area contributed by atoms with E-state index in [9.17, 15) is 4.79 Å². The lowest BCUT2D eigenvalue weighted by Crippen LogP contribution is -2.33. The van der Waals surface area contributed by atoms with Crippen molar-refractivity contribution in [1.82, 2.24) is 25.1 Å². The maximum absolute atomic E-state index is 12.5. The molecule has 0 unspecified atom stereocenters. The lowest BCUT2D eigenvalue weighted by atomic mass is 10.2. The molecule has 7 nitrogen and oxygen atoms in total. The minimum Gasteiger partial charge on any atom is -0.328 e. The average molecular weight is 350 g/mol. The van der Waals surface area contributed by atoms with Crippen molar-refractivity contribution in [2.75, 3.05) is 5.32 Å². The number of rotatable bonds is 4. The highest BCUT2D eigenvalue weighted by molar-refractivity contribution is 5.99. The maximum Gasteiger partial charge on any atom is 0.319 e. The van der Waals surface area contributed by atoms with Gasteiger partial charge in [0.15, 0.2) is 5.82 Å². The van der Waals surface area contributed by atoms with Crippen molar-refractivity contribution in [2.45, 2.75) is 44.7 Å². The highest BCUT2D eigenvalue weighted by atomic mass is 16.2. The molecule has 134 valence electrons. The molecule has 3 aromatic rings. The summed E-state index contributed by atoms with van der Waals surface area (Å²) in [5.74, 6) is 0.795. The van der Waals surface area contributed by atoms with E-state index in [-0.39, 0.29) is 12.1 Å². The molecule has 0 aliphatic heterocycles. The third-order valence-corrected chi connectivity index (χ3v) is 4.93. The Morgan fingerprint density at radius 2 is 2.04 bits per heavy atom. The molecule has 1 aromatic carbocycles. The normalized spacial score (nSPS) is 15.9. The molecule has 1 atom stereocenters. The second-order valence-electron chi connectivity index (χ2n) is 6.74. The molecule has 0 spiro atoms. The quantitative estimate of drug-likeness (QED) is 0.749. The van der Waals surface area contributed by atoms with Gasteiger partial charge in [0, 0.05) is 17.6 Å². The first-order valence-electron chi connectivity index (χ1n) is 9.03. The molecule has 1 saturated carbocycles. The number of benzene rings is 1. The molecule has 0 saturated heterocycles. The predicted octanol–water partition coefficient (Wildman–Crippen LogP) is 3.82. The van der Waals surface area contributed by atoms with Gasteiger partial charge in [-0.15, -0.1) is 10.2 Å². The Labute approximate surface area is 151 Å². The second kappa shape index (κ2) is 7.11. The lowest BCUT2D eigenvalue weighted by molar-refractivity contribution is 0.248. The van der Waals surface area contributed by atoms with Crippen LogP contribution in [-0.2, 0) is 0 Å². The summed E-state index contributed by atoms with van der Waals surface area (Å²) in [5.41, 5.74) is 1.46. The van der Waals surface area contributed by atoms with Crippen LogP contribution in [0.15, 0.2) is 42.9 Å². The molecule has 0 radical (unpaired) electrons.